The highest BCUT2D eigenvalue weighted by Gasteiger charge is 2.28. The van der Waals surface area contributed by atoms with Gasteiger partial charge >= 0.3 is 0 Å². The predicted octanol–water partition coefficient (Wildman–Crippen LogP) is 1.86. The first-order valence-corrected chi connectivity index (χ1v) is 6.18. The molecule has 0 amide bonds. The maximum absolute atomic E-state index is 5.56. The molecule has 3 atom stereocenters. The number of piperidine rings is 1. The van der Waals surface area contributed by atoms with Crippen molar-refractivity contribution < 1.29 is 0 Å². The highest BCUT2D eigenvalue weighted by Crippen LogP contribution is 2.20. The summed E-state index contributed by atoms with van der Waals surface area (Å²) in [5, 5.41) is 3.53. The Morgan fingerprint density at radius 1 is 1.53 bits per heavy atom. The minimum absolute atomic E-state index is 0.336. The van der Waals surface area contributed by atoms with Crippen molar-refractivity contribution in [3.63, 3.8) is 0 Å². The van der Waals surface area contributed by atoms with Crippen molar-refractivity contribution in [3.05, 3.63) is 0 Å². The molecule has 1 saturated heterocycles. The predicted molar refractivity (Wildman–Crippen MR) is 65.8 cm³/mol. The van der Waals surface area contributed by atoms with Crippen LogP contribution in [0.2, 0.25) is 0 Å². The van der Waals surface area contributed by atoms with Gasteiger partial charge in [-0.15, -0.1) is 6.42 Å². The molecular formula is C13H24N2. The van der Waals surface area contributed by atoms with E-state index in [0.717, 1.165) is 19.5 Å². The van der Waals surface area contributed by atoms with Crippen molar-refractivity contribution in [2.75, 3.05) is 13.1 Å². The van der Waals surface area contributed by atoms with Crippen LogP contribution in [0.3, 0.4) is 0 Å². The maximum atomic E-state index is 5.56. The topological polar surface area (TPSA) is 15.3 Å². The maximum Gasteiger partial charge on any atom is 0.0711 e. The number of rotatable bonds is 4. The molecule has 1 fully saturated rings. The van der Waals surface area contributed by atoms with E-state index < -0.39 is 0 Å². The Labute approximate surface area is 94.4 Å². The summed E-state index contributed by atoms with van der Waals surface area (Å²) in [6.45, 7) is 8.86. The lowest BCUT2D eigenvalue weighted by Gasteiger charge is -2.40. The molecule has 1 rings (SSSR count). The molecule has 1 aliphatic rings. The lowest BCUT2D eigenvalue weighted by molar-refractivity contribution is 0.110. The van der Waals surface area contributed by atoms with Crippen LogP contribution in [-0.4, -0.2) is 36.1 Å². The molecule has 86 valence electrons. The second-order valence-electron chi connectivity index (χ2n) is 4.46. The monoisotopic (exact) mass is 208 g/mol. The number of nitrogens with zero attached hydrogens (tertiary/aromatic N) is 1. The van der Waals surface area contributed by atoms with Crippen molar-refractivity contribution in [3.8, 4) is 12.3 Å². The van der Waals surface area contributed by atoms with Crippen molar-refractivity contribution in [2.45, 2.75) is 58.2 Å². The summed E-state index contributed by atoms with van der Waals surface area (Å²) in [4.78, 5) is 2.48. The molecule has 0 spiro atoms. The summed E-state index contributed by atoms with van der Waals surface area (Å²) >= 11 is 0. The van der Waals surface area contributed by atoms with Gasteiger partial charge in [0.25, 0.3) is 0 Å². The van der Waals surface area contributed by atoms with Gasteiger partial charge in [0.15, 0.2) is 0 Å². The van der Waals surface area contributed by atoms with Crippen LogP contribution in [0.15, 0.2) is 0 Å². The summed E-state index contributed by atoms with van der Waals surface area (Å²) in [5.74, 6) is 2.90. The minimum Gasteiger partial charge on any atom is -0.314 e. The summed E-state index contributed by atoms with van der Waals surface area (Å²) in [5.41, 5.74) is 0. The fourth-order valence-electron chi connectivity index (χ4n) is 2.58. The van der Waals surface area contributed by atoms with Crippen LogP contribution < -0.4 is 5.32 Å². The molecule has 0 bridgehead atoms. The van der Waals surface area contributed by atoms with Gasteiger partial charge in [0.1, 0.15) is 0 Å². The number of likely N-dealkylation sites (tertiary alicyclic amines) is 1. The number of terminal acetylenes is 1. The summed E-state index contributed by atoms with van der Waals surface area (Å²) in [7, 11) is 0. The third kappa shape index (κ3) is 3.22. The molecule has 0 saturated carbocycles. The minimum atomic E-state index is 0.336. The van der Waals surface area contributed by atoms with Crippen molar-refractivity contribution >= 4 is 0 Å². The largest absolute Gasteiger partial charge is 0.314 e. The van der Waals surface area contributed by atoms with E-state index in [1.807, 2.05) is 0 Å². The zero-order valence-electron chi connectivity index (χ0n) is 10.3. The summed E-state index contributed by atoms with van der Waals surface area (Å²) in [6, 6.07) is 1.64. The first kappa shape index (κ1) is 12.5. The van der Waals surface area contributed by atoms with Gasteiger partial charge < -0.3 is 5.32 Å². The van der Waals surface area contributed by atoms with E-state index in [1.165, 1.54) is 12.8 Å². The number of hydrogen-bond acceptors (Lipinski definition) is 2. The fourth-order valence-corrected chi connectivity index (χ4v) is 2.58. The highest BCUT2D eigenvalue weighted by atomic mass is 15.2. The van der Waals surface area contributed by atoms with Crippen LogP contribution in [0.1, 0.15) is 40.0 Å². The molecule has 0 aromatic carbocycles. The molecule has 3 unspecified atom stereocenters. The summed E-state index contributed by atoms with van der Waals surface area (Å²) < 4.78 is 0. The zero-order chi connectivity index (χ0) is 11.3. The normalized spacial score (nSPS) is 29.7. The molecule has 0 aliphatic carbocycles. The molecule has 1 heterocycles. The molecule has 2 heteroatoms. The second kappa shape index (κ2) is 6.15. The van der Waals surface area contributed by atoms with E-state index in [0.29, 0.717) is 18.1 Å². The van der Waals surface area contributed by atoms with Crippen molar-refractivity contribution in [1.82, 2.24) is 10.2 Å². The molecule has 15 heavy (non-hydrogen) atoms. The smallest absolute Gasteiger partial charge is 0.0711 e. The average molecular weight is 208 g/mol. The van der Waals surface area contributed by atoms with Gasteiger partial charge in [0.2, 0.25) is 0 Å². The van der Waals surface area contributed by atoms with Gasteiger partial charge in [-0.1, -0.05) is 19.8 Å². The van der Waals surface area contributed by atoms with Gasteiger partial charge in [-0.3, -0.25) is 4.90 Å². The molecule has 1 aliphatic heterocycles. The lowest BCUT2D eigenvalue weighted by atomic mass is 9.96. The van der Waals surface area contributed by atoms with Gasteiger partial charge in [-0.25, -0.2) is 0 Å². The van der Waals surface area contributed by atoms with Crippen LogP contribution in [0.25, 0.3) is 0 Å². The molecule has 0 radical (unpaired) electrons. The van der Waals surface area contributed by atoms with Crippen LogP contribution >= 0.6 is 0 Å². The Kier molecular flexibility index (Phi) is 5.14. The van der Waals surface area contributed by atoms with E-state index in [9.17, 15) is 0 Å². The van der Waals surface area contributed by atoms with E-state index >= 15 is 0 Å². The first-order valence-electron chi connectivity index (χ1n) is 6.18. The number of nitrogens with one attached hydrogen (secondary N) is 1. The molecule has 2 nitrogen and oxygen atoms in total. The standard InChI is InChI=1S/C13H24N2/c1-5-13(6-2)15-9-8-12(14-7-3)10-11(15)4/h1,11-14H,6-10H2,2-4H3. The molecule has 0 aromatic heterocycles. The molecule has 1 N–H and O–H groups in total. The van der Waals surface area contributed by atoms with E-state index in [-0.39, 0.29) is 0 Å². The van der Waals surface area contributed by atoms with Crippen LogP contribution in [0, 0.1) is 12.3 Å². The fraction of sp³-hybridized carbons (Fsp3) is 0.846. The SMILES string of the molecule is C#CC(CC)N1CCC(NCC)CC1C. The Morgan fingerprint density at radius 3 is 2.73 bits per heavy atom. The Morgan fingerprint density at radius 2 is 2.27 bits per heavy atom. The highest BCUT2D eigenvalue weighted by molar-refractivity contribution is 5.02. The molecular weight excluding hydrogens is 184 g/mol. The zero-order valence-corrected chi connectivity index (χ0v) is 10.3. The van der Waals surface area contributed by atoms with Crippen LogP contribution in [-0.2, 0) is 0 Å². The van der Waals surface area contributed by atoms with E-state index in [4.69, 9.17) is 6.42 Å². The Bertz CT molecular complexity index is 219. The van der Waals surface area contributed by atoms with Crippen LogP contribution in [0.5, 0.6) is 0 Å². The number of hydrogen-bond donors (Lipinski definition) is 1. The van der Waals surface area contributed by atoms with Crippen molar-refractivity contribution in [1.29, 1.82) is 0 Å². The third-order valence-electron chi connectivity index (χ3n) is 3.40. The van der Waals surface area contributed by atoms with Crippen molar-refractivity contribution in [2.24, 2.45) is 0 Å². The average Bonchev–Trinajstić information content (AvgIpc) is 2.23. The summed E-state index contributed by atoms with van der Waals surface area (Å²) in [6.07, 6.45) is 9.09. The van der Waals surface area contributed by atoms with E-state index in [1.54, 1.807) is 0 Å². The lowest BCUT2D eigenvalue weighted by Crippen LogP contribution is -2.50. The Hall–Kier alpha value is -0.520. The van der Waals surface area contributed by atoms with Gasteiger partial charge in [0, 0.05) is 18.6 Å². The third-order valence-corrected chi connectivity index (χ3v) is 3.40. The van der Waals surface area contributed by atoms with Gasteiger partial charge in [-0.05, 0) is 32.7 Å². The van der Waals surface area contributed by atoms with E-state index in [2.05, 4.69) is 36.9 Å². The van der Waals surface area contributed by atoms with Crippen LogP contribution in [0.4, 0.5) is 0 Å². The molecule has 0 aromatic rings. The second-order valence-corrected chi connectivity index (χ2v) is 4.46. The first-order chi connectivity index (χ1) is 7.22. The van der Waals surface area contributed by atoms with Gasteiger partial charge in [0.05, 0.1) is 6.04 Å². The quantitative estimate of drug-likeness (QED) is 0.709. The Balaban J connectivity index is 2.48. The van der Waals surface area contributed by atoms with Gasteiger partial charge in [-0.2, -0.15) is 0 Å².